The minimum absolute atomic E-state index is 0.0183. The van der Waals surface area contributed by atoms with Crippen LogP contribution in [0.3, 0.4) is 0 Å². The Morgan fingerprint density at radius 1 is 0.576 bits per heavy atom. The third-order valence-corrected chi connectivity index (χ3v) is 12.2. The zero-order valence-electron chi connectivity index (χ0n) is 33.5. The molecule has 0 bridgehead atoms. The molecule has 0 amide bonds. The van der Waals surface area contributed by atoms with Gasteiger partial charge in [0, 0.05) is 47.6 Å². The highest BCUT2D eigenvalue weighted by Crippen LogP contribution is 2.45. The maximum atomic E-state index is 13.9. The van der Waals surface area contributed by atoms with E-state index in [1.807, 2.05) is 6.92 Å². The van der Waals surface area contributed by atoms with Crippen molar-refractivity contribution in [2.75, 3.05) is 0 Å². The maximum Gasteiger partial charge on any atom is 0.203 e. The zero-order valence-corrected chi connectivity index (χ0v) is 33.5. The van der Waals surface area contributed by atoms with Crippen LogP contribution < -0.4 is 4.74 Å². The van der Waals surface area contributed by atoms with Gasteiger partial charge in [-0.05, 0) is 83.4 Å². The van der Waals surface area contributed by atoms with Crippen LogP contribution >= 0.6 is 0 Å². The number of carbonyl (C=O) groups excluding carboxylic acids is 2. The Labute approximate surface area is 340 Å². The number of ketones is 2. The second-order valence-electron chi connectivity index (χ2n) is 16.4. The molecule has 5 aliphatic rings. The van der Waals surface area contributed by atoms with Crippen molar-refractivity contribution < 1.29 is 78.1 Å². The molecular weight excluding hydrogens is 772 g/mol. The monoisotopic (exact) mass is 824 g/mol. The van der Waals surface area contributed by atoms with Crippen molar-refractivity contribution >= 4 is 22.3 Å². The van der Waals surface area contributed by atoms with Crippen LogP contribution in [-0.4, -0.2) is 128 Å². The first-order valence-corrected chi connectivity index (χ1v) is 20.3. The zero-order chi connectivity index (χ0) is 42.0. The van der Waals surface area contributed by atoms with E-state index < -0.39 is 97.1 Å². The molecule has 0 saturated carbocycles. The number of aliphatic hydroxyl groups is 3. The highest BCUT2D eigenvalue weighted by molar-refractivity contribution is 6.32. The van der Waals surface area contributed by atoms with Gasteiger partial charge in [0.2, 0.25) is 6.29 Å². The predicted octanol–water partition coefficient (Wildman–Crippen LogP) is 3.98. The standard InChI is InChI=1S/C43H52O16/c1-17-12-24-23(27(45)13-17)14-25-37(41(24)49)40(48)22-6-8-29(43(51)36(22)42(25)50)57-35-16-31(39(47)21(5)55-35)59-33-11-9-28(19(3)53-33)56-34-15-30(38(46)20(4)54-34)58-32-10-7-26(44)18(2)52-32/h6,8,12-14,18-21,26,28,30-35,38-39,44-47,49,51H,7,9-11,15-16H2,1-5H3/t18-,19-,20-,21+,26-,28-,30+,31-,32-,33-,34-,35+,38+,39-/m0/s1. The van der Waals surface area contributed by atoms with E-state index in [1.165, 1.54) is 24.3 Å². The highest BCUT2D eigenvalue weighted by Gasteiger charge is 2.44. The number of aromatic hydroxyl groups is 3. The molecule has 3 aromatic rings. The highest BCUT2D eigenvalue weighted by atomic mass is 16.7. The molecular formula is C43H52O16. The molecule has 0 unspecified atom stereocenters. The lowest BCUT2D eigenvalue weighted by atomic mass is 9.81. The molecule has 6 N–H and O–H groups in total. The number of fused-ring (bicyclic) bond motifs is 3. The summed E-state index contributed by atoms with van der Waals surface area (Å²) in [5.74, 6) is -2.78. The lowest BCUT2D eigenvalue weighted by Gasteiger charge is -2.44. The molecule has 4 saturated heterocycles. The third kappa shape index (κ3) is 8.03. The molecule has 0 spiro atoms. The second-order valence-corrected chi connectivity index (χ2v) is 16.4. The molecule has 8 rings (SSSR count). The number of phenolic OH excluding ortho intramolecular Hbond substituents is 3. The minimum Gasteiger partial charge on any atom is -0.507 e. The molecule has 14 atom stereocenters. The lowest BCUT2D eigenvalue weighted by Crippen LogP contribution is -2.53. The van der Waals surface area contributed by atoms with Crippen LogP contribution in [0.2, 0.25) is 0 Å². The van der Waals surface area contributed by atoms with Gasteiger partial charge in [0.15, 0.2) is 41.9 Å². The molecule has 3 aromatic carbocycles. The molecule has 59 heavy (non-hydrogen) atoms. The number of rotatable bonds is 8. The number of aryl methyl sites for hydroxylation is 1. The molecule has 16 nitrogen and oxygen atoms in total. The molecule has 4 heterocycles. The van der Waals surface area contributed by atoms with Crippen LogP contribution in [0.5, 0.6) is 23.0 Å². The first kappa shape index (κ1) is 41.8. The summed E-state index contributed by atoms with van der Waals surface area (Å²) in [4.78, 5) is 27.5. The molecule has 4 fully saturated rings. The number of hydrogen-bond acceptors (Lipinski definition) is 16. The van der Waals surface area contributed by atoms with Gasteiger partial charge in [-0.2, -0.15) is 0 Å². The lowest BCUT2D eigenvalue weighted by molar-refractivity contribution is -0.324. The number of hydrogen-bond donors (Lipinski definition) is 6. The summed E-state index contributed by atoms with van der Waals surface area (Å²) < 4.78 is 48.7. The van der Waals surface area contributed by atoms with E-state index in [0.29, 0.717) is 31.2 Å². The molecule has 320 valence electrons. The van der Waals surface area contributed by atoms with Crippen LogP contribution in [0.4, 0.5) is 0 Å². The van der Waals surface area contributed by atoms with E-state index in [1.54, 1.807) is 33.8 Å². The fraction of sp³-hybridized carbons (Fsp3) is 0.581. The van der Waals surface area contributed by atoms with E-state index in [-0.39, 0.29) is 69.6 Å². The Morgan fingerprint density at radius 2 is 1.14 bits per heavy atom. The number of benzene rings is 3. The molecule has 4 aliphatic heterocycles. The van der Waals surface area contributed by atoms with Crippen LogP contribution in [0.25, 0.3) is 10.8 Å². The van der Waals surface area contributed by atoms with Crippen LogP contribution in [0, 0.1) is 6.92 Å². The molecule has 1 aliphatic carbocycles. The first-order valence-electron chi connectivity index (χ1n) is 20.3. The van der Waals surface area contributed by atoms with Gasteiger partial charge in [0.25, 0.3) is 0 Å². The van der Waals surface area contributed by atoms with E-state index in [0.717, 1.165) is 0 Å². The van der Waals surface area contributed by atoms with Crippen molar-refractivity contribution in [3.05, 3.63) is 58.1 Å². The maximum absolute atomic E-state index is 13.9. The summed E-state index contributed by atoms with van der Waals surface area (Å²) in [6, 6.07) is 7.08. The quantitative estimate of drug-likeness (QED) is 0.148. The van der Waals surface area contributed by atoms with Crippen molar-refractivity contribution in [1.29, 1.82) is 0 Å². The van der Waals surface area contributed by atoms with E-state index in [4.69, 9.17) is 37.9 Å². The van der Waals surface area contributed by atoms with Gasteiger partial charge in [0.1, 0.15) is 23.7 Å². The summed E-state index contributed by atoms with van der Waals surface area (Å²) >= 11 is 0. The second kappa shape index (κ2) is 16.5. The number of phenols is 3. The van der Waals surface area contributed by atoms with Gasteiger partial charge < -0.3 is 68.5 Å². The van der Waals surface area contributed by atoms with Crippen molar-refractivity contribution in [2.24, 2.45) is 0 Å². The SMILES string of the molecule is Cc1cc(O)c2cc3c(c(O)c2c1)C(=O)c1ccc(O[C@@H]2C[C@H](O[C@H]4CC[C@H](O[C@H]5C[C@@H](O[C@H]6CC[C@H](O)[C@H](C)O6)[C@H](O)[C@H](C)O5)[C@H](C)O4)[C@@H](O)[C@@H](C)O2)c(O)c1C3=O. The summed E-state index contributed by atoms with van der Waals surface area (Å²) in [6.45, 7) is 8.75. The van der Waals surface area contributed by atoms with Gasteiger partial charge in [-0.25, -0.2) is 0 Å². The van der Waals surface area contributed by atoms with Crippen molar-refractivity contribution in [2.45, 2.75) is 159 Å². The van der Waals surface area contributed by atoms with Gasteiger partial charge in [-0.15, -0.1) is 0 Å². The van der Waals surface area contributed by atoms with Crippen molar-refractivity contribution in [1.82, 2.24) is 0 Å². The summed E-state index contributed by atoms with van der Waals surface area (Å²) in [5.41, 5.74) is -0.191. The smallest absolute Gasteiger partial charge is 0.203 e. The van der Waals surface area contributed by atoms with Gasteiger partial charge in [-0.3, -0.25) is 9.59 Å². The summed E-state index contributed by atoms with van der Waals surface area (Å²) in [7, 11) is 0. The number of ether oxygens (including phenoxy) is 8. The minimum atomic E-state index is -1.06. The van der Waals surface area contributed by atoms with Gasteiger partial charge in [-0.1, -0.05) is 0 Å². The average Bonchev–Trinajstić information content (AvgIpc) is 3.18. The summed E-state index contributed by atoms with van der Waals surface area (Å²) in [6.07, 6.45) is -7.13. The largest absolute Gasteiger partial charge is 0.507 e. The Hall–Kier alpha value is -3.94. The Morgan fingerprint density at radius 3 is 1.80 bits per heavy atom. The summed E-state index contributed by atoms with van der Waals surface area (Å²) in [5, 5.41) is 65.4. The topological polar surface area (TPSA) is 229 Å². The van der Waals surface area contributed by atoms with Crippen molar-refractivity contribution in [3.8, 4) is 23.0 Å². The number of aliphatic hydroxyl groups excluding tert-OH is 3. The van der Waals surface area contributed by atoms with E-state index in [2.05, 4.69) is 0 Å². The van der Waals surface area contributed by atoms with Crippen molar-refractivity contribution in [3.63, 3.8) is 0 Å². The molecule has 0 aromatic heterocycles. The first-order chi connectivity index (χ1) is 28.1. The number of carbonyl (C=O) groups is 2. The average molecular weight is 825 g/mol. The molecule has 0 radical (unpaired) electrons. The Bertz CT molecular complexity index is 2090. The van der Waals surface area contributed by atoms with Crippen LogP contribution in [0.15, 0.2) is 30.3 Å². The Kier molecular flexibility index (Phi) is 11.7. The normalized spacial score (nSPS) is 36.3. The van der Waals surface area contributed by atoms with Crippen LogP contribution in [0.1, 0.15) is 104 Å². The predicted molar refractivity (Wildman–Crippen MR) is 205 cm³/mol. The van der Waals surface area contributed by atoms with Gasteiger partial charge >= 0.3 is 0 Å². The molecule has 16 heteroatoms. The fourth-order valence-corrected chi connectivity index (χ4v) is 8.79. The Balaban J connectivity index is 0.897. The van der Waals surface area contributed by atoms with E-state index >= 15 is 0 Å². The van der Waals surface area contributed by atoms with E-state index in [9.17, 15) is 40.2 Å². The van der Waals surface area contributed by atoms with Crippen LogP contribution in [-0.2, 0) is 33.2 Å². The fourth-order valence-electron chi connectivity index (χ4n) is 8.79. The third-order valence-electron chi connectivity index (χ3n) is 12.2. The van der Waals surface area contributed by atoms with Gasteiger partial charge in [0.05, 0.1) is 60.0 Å².